The van der Waals surface area contributed by atoms with Crippen molar-refractivity contribution in [3.63, 3.8) is 0 Å². The molecule has 0 radical (unpaired) electrons. The van der Waals surface area contributed by atoms with Crippen LogP contribution in [-0.4, -0.2) is 35.7 Å². The highest BCUT2D eigenvalue weighted by atomic mass is 16.6. The fraction of sp³-hybridized carbons (Fsp3) is 0.381. The van der Waals surface area contributed by atoms with Gasteiger partial charge in [0.1, 0.15) is 23.2 Å². The molecule has 0 spiro atoms. The van der Waals surface area contributed by atoms with E-state index in [-0.39, 0.29) is 24.0 Å². The maximum absolute atomic E-state index is 12.6. The second-order valence-electron chi connectivity index (χ2n) is 6.98. The lowest BCUT2D eigenvalue weighted by Crippen LogP contribution is -2.43. The molecule has 2 aliphatic rings. The number of nitrogens with two attached hydrogens (primary N) is 1. The summed E-state index contributed by atoms with van der Waals surface area (Å²) in [4.78, 5) is 19.0. The Morgan fingerprint density at radius 2 is 2.18 bits per heavy atom. The van der Waals surface area contributed by atoms with Gasteiger partial charge in [0.25, 0.3) is 0 Å². The summed E-state index contributed by atoms with van der Waals surface area (Å²) in [5.41, 5.74) is 9.70. The van der Waals surface area contributed by atoms with Crippen molar-refractivity contribution in [2.24, 2.45) is 0 Å². The van der Waals surface area contributed by atoms with E-state index in [1.54, 1.807) is 14.0 Å². The molecule has 1 amide bonds. The van der Waals surface area contributed by atoms with E-state index in [1.165, 1.54) is 0 Å². The summed E-state index contributed by atoms with van der Waals surface area (Å²) >= 11 is 0. The van der Waals surface area contributed by atoms with Gasteiger partial charge in [0.05, 0.1) is 25.5 Å². The Labute approximate surface area is 163 Å². The lowest BCUT2D eigenvalue weighted by molar-refractivity contribution is 0.0835. The first-order chi connectivity index (χ1) is 13.6. The Balaban J connectivity index is 1.97. The van der Waals surface area contributed by atoms with Crippen LogP contribution in [-0.2, 0) is 11.2 Å². The summed E-state index contributed by atoms with van der Waals surface area (Å²) in [5, 5.41) is 9.84. The van der Waals surface area contributed by atoms with E-state index in [0.29, 0.717) is 29.9 Å². The van der Waals surface area contributed by atoms with Gasteiger partial charge in [-0.3, -0.25) is 4.90 Å². The number of nitrogens with zero attached hydrogens (tertiary/aromatic N) is 3. The standard InChI is InChI=1S/C21H22N4O3/c1-3-28-21(26)25-12-8-9-16(25)19-15(10-12)24-20(23)14(11-22)18(19)13-6-4-5-7-17(13)27-2/h4-7,12,16H,3,8-10H2,1-2H3,(H2,23,24)/t12-,16+/m1/s1. The molecule has 0 unspecified atom stereocenters. The molecule has 0 aliphatic carbocycles. The fourth-order valence-electron chi connectivity index (χ4n) is 4.49. The van der Waals surface area contributed by atoms with Gasteiger partial charge < -0.3 is 15.2 Å². The van der Waals surface area contributed by atoms with Crippen molar-refractivity contribution in [2.75, 3.05) is 19.5 Å². The number of pyridine rings is 1. The molecule has 3 heterocycles. The molecule has 2 N–H and O–H groups in total. The molecule has 4 rings (SSSR count). The van der Waals surface area contributed by atoms with Gasteiger partial charge in [-0.1, -0.05) is 18.2 Å². The number of rotatable bonds is 3. The molecule has 7 heteroatoms. The van der Waals surface area contributed by atoms with Gasteiger partial charge in [-0.15, -0.1) is 0 Å². The van der Waals surface area contributed by atoms with Crippen LogP contribution in [0.2, 0.25) is 0 Å². The molecule has 2 aliphatic heterocycles. The fourth-order valence-corrected chi connectivity index (χ4v) is 4.49. The Morgan fingerprint density at radius 3 is 2.89 bits per heavy atom. The number of nitrogen functional groups attached to an aromatic ring is 1. The number of para-hydroxylation sites is 1. The Bertz CT molecular complexity index is 982. The van der Waals surface area contributed by atoms with Gasteiger partial charge in [0, 0.05) is 29.2 Å². The van der Waals surface area contributed by atoms with Crippen molar-refractivity contribution >= 4 is 11.9 Å². The zero-order valence-electron chi connectivity index (χ0n) is 15.9. The highest BCUT2D eigenvalue weighted by Gasteiger charge is 2.46. The molecular formula is C21H22N4O3. The lowest BCUT2D eigenvalue weighted by atomic mass is 9.86. The second kappa shape index (κ2) is 7.04. The molecule has 2 aromatic rings. The summed E-state index contributed by atoms with van der Waals surface area (Å²) in [7, 11) is 1.60. The smallest absolute Gasteiger partial charge is 0.410 e. The summed E-state index contributed by atoms with van der Waals surface area (Å²) in [6.07, 6.45) is 1.95. The van der Waals surface area contributed by atoms with Crippen LogP contribution in [0.3, 0.4) is 0 Å². The van der Waals surface area contributed by atoms with Crippen LogP contribution in [0.5, 0.6) is 5.75 Å². The number of fused-ring (bicyclic) bond motifs is 4. The monoisotopic (exact) mass is 378 g/mol. The normalized spacial score (nSPS) is 19.7. The summed E-state index contributed by atoms with van der Waals surface area (Å²) in [6, 6.07) is 9.60. The maximum atomic E-state index is 12.6. The van der Waals surface area contributed by atoms with Gasteiger partial charge in [0.2, 0.25) is 0 Å². The predicted molar refractivity (Wildman–Crippen MR) is 104 cm³/mol. The van der Waals surface area contributed by atoms with Crippen LogP contribution >= 0.6 is 0 Å². The van der Waals surface area contributed by atoms with Crippen molar-refractivity contribution in [1.82, 2.24) is 9.88 Å². The first kappa shape index (κ1) is 18.1. The van der Waals surface area contributed by atoms with Crippen LogP contribution < -0.4 is 10.5 Å². The number of amides is 1. The zero-order valence-corrected chi connectivity index (χ0v) is 15.9. The van der Waals surface area contributed by atoms with Crippen molar-refractivity contribution in [3.05, 3.63) is 41.1 Å². The van der Waals surface area contributed by atoms with Crippen LogP contribution in [0.4, 0.5) is 10.6 Å². The van der Waals surface area contributed by atoms with Crippen LogP contribution in [0.15, 0.2) is 24.3 Å². The largest absolute Gasteiger partial charge is 0.496 e. The molecule has 28 heavy (non-hydrogen) atoms. The highest BCUT2D eigenvalue weighted by molar-refractivity contribution is 5.84. The van der Waals surface area contributed by atoms with E-state index >= 15 is 0 Å². The quantitative estimate of drug-likeness (QED) is 0.878. The van der Waals surface area contributed by atoms with Gasteiger partial charge in [-0.25, -0.2) is 9.78 Å². The minimum atomic E-state index is -0.318. The highest BCUT2D eigenvalue weighted by Crippen LogP contribution is 2.50. The third-order valence-corrected chi connectivity index (χ3v) is 5.57. The lowest BCUT2D eigenvalue weighted by Gasteiger charge is -2.36. The molecule has 0 saturated carbocycles. The van der Waals surface area contributed by atoms with Crippen LogP contribution in [0.25, 0.3) is 11.1 Å². The van der Waals surface area contributed by atoms with Gasteiger partial charge >= 0.3 is 6.09 Å². The Morgan fingerprint density at radius 1 is 1.39 bits per heavy atom. The van der Waals surface area contributed by atoms with Crippen LogP contribution in [0.1, 0.15) is 42.6 Å². The maximum Gasteiger partial charge on any atom is 0.410 e. The molecule has 2 bridgehead atoms. The number of methoxy groups -OCH3 is 1. The molecule has 1 aromatic carbocycles. The minimum absolute atomic E-state index is 0.0434. The van der Waals surface area contributed by atoms with Crippen molar-refractivity contribution in [2.45, 2.75) is 38.3 Å². The third kappa shape index (κ3) is 2.64. The van der Waals surface area contributed by atoms with Crippen molar-refractivity contribution in [3.8, 4) is 22.9 Å². The molecule has 7 nitrogen and oxygen atoms in total. The number of hydrogen-bond acceptors (Lipinski definition) is 6. The van der Waals surface area contributed by atoms with Gasteiger partial charge in [-0.2, -0.15) is 5.26 Å². The number of carbonyl (C=O) groups excluding carboxylic acids is 1. The average molecular weight is 378 g/mol. The zero-order chi connectivity index (χ0) is 19.8. The van der Waals surface area contributed by atoms with Crippen molar-refractivity contribution < 1.29 is 14.3 Å². The third-order valence-electron chi connectivity index (χ3n) is 5.57. The molecule has 144 valence electrons. The summed E-state index contributed by atoms with van der Waals surface area (Å²) in [5.74, 6) is 0.862. The molecule has 1 aromatic heterocycles. The molecule has 2 atom stereocenters. The Kier molecular flexibility index (Phi) is 4.55. The number of aromatic nitrogens is 1. The van der Waals surface area contributed by atoms with Crippen molar-refractivity contribution in [1.29, 1.82) is 5.26 Å². The second-order valence-corrected chi connectivity index (χ2v) is 6.98. The van der Waals surface area contributed by atoms with E-state index in [2.05, 4.69) is 11.1 Å². The SMILES string of the molecule is CCOC(=O)N1[C@@H]2CC[C@H]1c1c(nc(N)c(C#N)c1-c1ccccc1OC)C2. The predicted octanol–water partition coefficient (Wildman–Crippen LogP) is 3.43. The van der Waals surface area contributed by atoms with E-state index in [4.69, 9.17) is 15.2 Å². The number of carbonyl (C=O) groups is 1. The molecule has 1 saturated heterocycles. The molecular weight excluding hydrogens is 356 g/mol. The topological polar surface area (TPSA) is 101 Å². The number of nitriles is 1. The number of benzene rings is 1. The average Bonchev–Trinajstić information content (AvgIpc) is 3.02. The van der Waals surface area contributed by atoms with E-state index < -0.39 is 0 Å². The summed E-state index contributed by atoms with van der Waals surface area (Å²) in [6.45, 7) is 2.12. The van der Waals surface area contributed by atoms with Crippen LogP contribution in [0, 0.1) is 11.3 Å². The number of ether oxygens (including phenoxy) is 2. The molecule has 1 fully saturated rings. The van der Waals surface area contributed by atoms with Gasteiger partial charge in [-0.05, 0) is 25.8 Å². The first-order valence-electron chi connectivity index (χ1n) is 9.41. The number of hydrogen-bond donors (Lipinski definition) is 1. The van der Waals surface area contributed by atoms with E-state index in [0.717, 1.165) is 29.7 Å². The number of anilines is 1. The minimum Gasteiger partial charge on any atom is -0.496 e. The Hall–Kier alpha value is -3.27. The summed E-state index contributed by atoms with van der Waals surface area (Å²) < 4.78 is 10.8. The van der Waals surface area contributed by atoms with Gasteiger partial charge in [0.15, 0.2) is 0 Å². The van der Waals surface area contributed by atoms with E-state index in [9.17, 15) is 10.1 Å². The van der Waals surface area contributed by atoms with E-state index in [1.807, 2.05) is 29.2 Å². The first-order valence-corrected chi connectivity index (χ1v) is 9.41.